The van der Waals surface area contributed by atoms with Crippen molar-refractivity contribution in [2.75, 3.05) is 39.9 Å². The summed E-state index contributed by atoms with van der Waals surface area (Å²) in [7, 11) is 3.57. The van der Waals surface area contributed by atoms with Crippen molar-refractivity contribution < 1.29 is 9.53 Å². The molecule has 0 unspecified atom stereocenters. The molecule has 0 aliphatic carbocycles. The number of aryl methyl sites for hydroxylation is 1. The lowest BCUT2D eigenvalue weighted by Crippen LogP contribution is -2.37. The Balaban J connectivity index is 1.83. The molecular weight excluding hydrogens is 304 g/mol. The van der Waals surface area contributed by atoms with Crippen LogP contribution in [0.3, 0.4) is 0 Å². The smallest absolute Gasteiger partial charge is 0.224 e. The van der Waals surface area contributed by atoms with Crippen molar-refractivity contribution in [3.8, 4) is 0 Å². The monoisotopic (exact) mass is 336 g/mol. The number of nitrogens with zero attached hydrogens (tertiary/aromatic N) is 4. The number of amides is 1. The minimum atomic E-state index is 0.206. The highest BCUT2D eigenvalue weighted by molar-refractivity contribution is 5.76. The second-order valence-corrected chi connectivity index (χ2v) is 6.69. The first-order valence-corrected chi connectivity index (χ1v) is 9.15. The number of rotatable bonds is 8. The molecule has 0 radical (unpaired) electrons. The van der Waals surface area contributed by atoms with Gasteiger partial charge in [-0.05, 0) is 25.9 Å². The lowest BCUT2D eigenvalue weighted by atomic mass is 10.1. The van der Waals surface area contributed by atoms with E-state index in [1.54, 1.807) is 11.8 Å². The zero-order valence-corrected chi connectivity index (χ0v) is 15.2. The van der Waals surface area contributed by atoms with E-state index in [-0.39, 0.29) is 5.91 Å². The van der Waals surface area contributed by atoms with Crippen molar-refractivity contribution in [1.82, 2.24) is 19.6 Å². The van der Waals surface area contributed by atoms with Gasteiger partial charge in [0.1, 0.15) is 0 Å². The third-order valence-corrected chi connectivity index (χ3v) is 4.64. The molecule has 0 aromatic carbocycles. The zero-order valence-electron chi connectivity index (χ0n) is 15.2. The highest BCUT2D eigenvalue weighted by Gasteiger charge is 2.16. The maximum Gasteiger partial charge on any atom is 0.224 e. The Hall–Kier alpha value is -1.40. The average Bonchev–Trinajstić information content (AvgIpc) is 2.95. The molecule has 1 amide bonds. The Bertz CT molecular complexity index is 481. The molecule has 136 valence electrons. The minimum Gasteiger partial charge on any atom is -0.383 e. The number of carbonyl (C=O) groups excluding carboxylic acids is 1. The summed E-state index contributed by atoms with van der Waals surface area (Å²) >= 11 is 0. The largest absolute Gasteiger partial charge is 0.383 e. The van der Waals surface area contributed by atoms with Crippen LogP contribution >= 0.6 is 0 Å². The van der Waals surface area contributed by atoms with Gasteiger partial charge >= 0.3 is 0 Å². The summed E-state index contributed by atoms with van der Waals surface area (Å²) in [6.45, 7) is 4.94. The summed E-state index contributed by atoms with van der Waals surface area (Å²) in [4.78, 5) is 17.0. The van der Waals surface area contributed by atoms with Gasteiger partial charge in [0.15, 0.2) is 0 Å². The molecule has 24 heavy (non-hydrogen) atoms. The molecule has 0 spiro atoms. The molecule has 1 aromatic rings. The van der Waals surface area contributed by atoms with Crippen LogP contribution in [0.5, 0.6) is 0 Å². The Morgan fingerprint density at radius 2 is 1.96 bits per heavy atom. The van der Waals surface area contributed by atoms with Gasteiger partial charge < -0.3 is 14.5 Å². The molecule has 6 heteroatoms. The number of methoxy groups -OCH3 is 1. The van der Waals surface area contributed by atoms with Gasteiger partial charge in [0.2, 0.25) is 5.91 Å². The van der Waals surface area contributed by atoms with Crippen LogP contribution in [0.1, 0.15) is 44.1 Å². The van der Waals surface area contributed by atoms with Crippen molar-refractivity contribution in [2.24, 2.45) is 7.05 Å². The van der Waals surface area contributed by atoms with Crippen LogP contribution < -0.4 is 0 Å². The number of aromatic nitrogens is 2. The van der Waals surface area contributed by atoms with Gasteiger partial charge in [0.05, 0.1) is 12.8 Å². The second kappa shape index (κ2) is 10.5. The van der Waals surface area contributed by atoms with E-state index < -0.39 is 0 Å². The van der Waals surface area contributed by atoms with Crippen molar-refractivity contribution in [3.05, 3.63) is 18.0 Å². The molecule has 1 fully saturated rings. The Kier molecular flexibility index (Phi) is 8.25. The van der Waals surface area contributed by atoms with E-state index in [0.717, 1.165) is 25.2 Å². The molecule has 0 saturated carbocycles. The summed E-state index contributed by atoms with van der Waals surface area (Å²) < 4.78 is 6.94. The number of ether oxygens (including phenoxy) is 1. The highest BCUT2D eigenvalue weighted by Crippen LogP contribution is 2.12. The Morgan fingerprint density at radius 1 is 1.25 bits per heavy atom. The average molecular weight is 336 g/mol. The summed E-state index contributed by atoms with van der Waals surface area (Å²) in [6.07, 6.45) is 10.9. The normalized spacial score (nSPS) is 16.6. The van der Waals surface area contributed by atoms with Gasteiger partial charge in [-0.1, -0.05) is 19.3 Å². The first-order valence-electron chi connectivity index (χ1n) is 9.15. The second-order valence-electron chi connectivity index (χ2n) is 6.69. The maximum absolute atomic E-state index is 12.7. The Morgan fingerprint density at radius 3 is 2.58 bits per heavy atom. The van der Waals surface area contributed by atoms with E-state index in [4.69, 9.17) is 4.74 Å². The molecule has 2 heterocycles. The van der Waals surface area contributed by atoms with Gasteiger partial charge in [0.25, 0.3) is 0 Å². The van der Waals surface area contributed by atoms with E-state index in [1.807, 2.05) is 24.3 Å². The van der Waals surface area contributed by atoms with E-state index >= 15 is 0 Å². The molecule has 0 N–H and O–H groups in total. The summed E-state index contributed by atoms with van der Waals surface area (Å²) in [5.41, 5.74) is 1.06. The quantitative estimate of drug-likeness (QED) is 0.729. The number of hydrogen-bond donors (Lipinski definition) is 0. The molecule has 6 nitrogen and oxygen atoms in total. The van der Waals surface area contributed by atoms with Gasteiger partial charge in [-0.2, -0.15) is 5.10 Å². The van der Waals surface area contributed by atoms with Gasteiger partial charge in [-0.15, -0.1) is 0 Å². The maximum atomic E-state index is 12.7. The zero-order chi connectivity index (χ0) is 17.2. The fourth-order valence-electron chi connectivity index (χ4n) is 3.22. The van der Waals surface area contributed by atoms with Gasteiger partial charge in [-0.3, -0.25) is 9.48 Å². The van der Waals surface area contributed by atoms with E-state index in [9.17, 15) is 4.79 Å². The molecule has 1 aromatic heterocycles. The first kappa shape index (κ1) is 18.9. The molecule has 1 aliphatic heterocycles. The number of carbonyl (C=O) groups is 1. The van der Waals surface area contributed by atoms with Crippen LogP contribution in [0.2, 0.25) is 0 Å². The molecule has 0 bridgehead atoms. The fourth-order valence-corrected chi connectivity index (χ4v) is 3.22. The number of hydrogen-bond acceptors (Lipinski definition) is 4. The lowest BCUT2D eigenvalue weighted by molar-refractivity contribution is -0.132. The third-order valence-electron chi connectivity index (χ3n) is 4.64. The van der Waals surface area contributed by atoms with Crippen LogP contribution in [-0.4, -0.2) is 65.4 Å². The number of likely N-dealkylation sites (tertiary alicyclic amines) is 1. The van der Waals surface area contributed by atoms with Crippen molar-refractivity contribution in [1.29, 1.82) is 0 Å². The predicted octanol–water partition coefficient (Wildman–Crippen LogP) is 2.05. The topological polar surface area (TPSA) is 50.6 Å². The minimum absolute atomic E-state index is 0.206. The van der Waals surface area contributed by atoms with E-state index in [1.165, 1.54) is 32.1 Å². The fraction of sp³-hybridized carbons (Fsp3) is 0.778. The van der Waals surface area contributed by atoms with Crippen LogP contribution in [0.15, 0.2) is 12.4 Å². The summed E-state index contributed by atoms with van der Waals surface area (Å²) in [5.74, 6) is 0.206. The first-order chi connectivity index (χ1) is 11.7. The van der Waals surface area contributed by atoms with Gasteiger partial charge in [-0.25, -0.2) is 0 Å². The molecule has 2 rings (SSSR count). The highest BCUT2D eigenvalue weighted by atomic mass is 16.5. The van der Waals surface area contributed by atoms with Crippen LogP contribution in [0, 0.1) is 0 Å². The SMILES string of the molecule is COCCN(Cc1cnn(C)c1)C(=O)CCN1CCCCCCC1. The standard InChI is InChI=1S/C18H32N4O2/c1-20-15-17(14-19-20)16-22(12-13-24-2)18(23)8-11-21-9-6-4-3-5-7-10-21/h14-15H,3-13,16H2,1-2H3. The van der Waals surface area contributed by atoms with Crippen molar-refractivity contribution in [2.45, 2.75) is 45.1 Å². The van der Waals surface area contributed by atoms with Crippen molar-refractivity contribution >= 4 is 5.91 Å². The Labute approximate surface area is 145 Å². The molecular formula is C18H32N4O2. The van der Waals surface area contributed by atoms with Gasteiger partial charge in [0, 0.05) is 52.0 Å². The van der Waals surface area contributed by atoms with Crippen LogP contribution in [0.4, 0.5) is 0 Å². The lowest BCUT2D eigenvalue weighted by Gasteiger charge is -2.26. The summed E-state index contributed by atoms with van der Waals surface area (Å²) in [6, 6.07) is 0. The summed E-state index contributed by atoms with van der Waals surface area (Å²) in [5, 5.41) is 4.19. The molecule has 0 atom stereocenters. The van der Waals surface area contributed by atoms with Crippen molar-refractivity contribution in [3.63, 3.8) is 0 Å². The van der Waals surface area contributed by atoms with Crippen LogP contribution in [0.25, 0.3) is 0 Å². The van der Waals surface area contributed by atoms with E-state index in [2.05, 4.69) is 10.00 Å². The van der Waals surface area contributed by atoms with Crippen LogP contribution in [-0.2, 0) is 23.1 Å². The molecule has 1 aliphatic rings. The third kappa shape index (κ3) is 6.61. The molecule has 1 saturated heterocycles. The van der Waals surface area contributed by atoms with E-state index in [0.29, 0.717) is 26.1 Å². The predicted molar refractivity (Wildman–Crippen MR) is 94.6 cm³/mol.